The molecule has 6 heteroatoms. The fourth-order valence-corrected chi connectivity index (χ4v) is 2.86. The number of fused-ring (bicyclic) bond motifs is 1. The Morgan fingerprint density at radius 2 is 2.26 bits per heavy atom. The van der Waals surface area contributed by atoms with Gasteiger partial charge in [-0.2, -0.15) is 0 Å². The van der Waals surface area contributed by atoms with Crippen LogP contribution in [0.3, 0.4) is 0 Å². The summed E-state index contributed by atoms with van der Waals surface area (Å²) in [6.45, 7) is 2.67. The molecule has 1 aromatic carbocycles. The number of aromatic nitrogens is 3. The number of rotatable bonds is 3. The SMILES string of the molecule is CCc1cnc(Cn2c(N)nc3cc(F)ccc32)s1. The summed E-state index contributed by atoms with van der Waals surface area (Å²) in [5, 5.41) is 0.979. The number of imidazole rings is 1. The molecule has 2 aromatic heterocycles. The van der Waals surface area contributed by atoms with Crippen LogP contribution < -0.4 is 5.73 Å². The second-order valence-electron chi connectivity index (χ2n) is 4.26. The molecule has 2 heterocycles. The molecule has 3 aromatic rings. The van der Waals surface area contributed by atoms with Crippen molar-refractivity contribution in [1.29, 1.82) is 0 Å². The van der Waals surface area contributed by atoms with E-state index >= 15 is 0 Å². The Bertz CT molecular complexity index is 731. The summed E-state index contributed by atoms with van der Waals surface area (Å²) in [5.74, 6) is 0.0773. The maximum absolute atomic E-state index is 13.2. The number of thiazole rings is 1. The Balaban J connectivity index is 2.02. The molecular formula is C13H13FN4S. The summed E-state index contributed by atoms with van der Waals surface area (Å²) in [5.41, 5.74) is 7.30. The summed E-state index contributed by atoms with van der Waals surface area (Å²) in [6, 6.07) is 4.50. The molecule has 0 bridgehead atoms. The van der Waals surface area contributed by atoms with Crippen LogP contribution >= 0.6 is 11.3 Å². The van der Waals surface area contributed by atoms with Crippen molar-refractivity contribution < 1.29 is 4.39 Å². The standard InChI is InChI=1S/C13H13FN4S/c1-2-9-6-16-12(19-9)7-18-11-4-3-8(14)5-10(11)17-13(18)15/h3-6H,2,7H2,1H3,(H2,15,17). The maximum Gasteiger partial charge on any atom is 0.201 e. The third-order valence-electron chi connectivity index (χ3n) is 2.98. The van der Waals surface area contributed by atoms with Crippen molar-refractivity contribution in [3.63, 3.8) is 0 Å². The number of nitrogens with zero attached hydrogens (tertiary/aromatic N) is 3. The third-order valence-corrected chi connectivity index (χ3v) is 4.11. The van der Waals surface area contributed by atoms with Gasteiger partial charge in [-0.25, -0.2) is 14.4 Å². The fraction of sp³-hybridized carbons (Fsp3) is 0.231. The topological polar surface area (TPSA) is 56.7 Å². The number of aryl methyl sites for hydroxylation is 1. The van der Waals surface area contributed by atoms with Gasteiger partial charge in [0.15, 0.2) is 0 Å². The van der Waals surface area contributed by atoms with E-state index in [9.17, 15) is 4.39 Å². The van der Waals surface area contributed by atoms with E-state index in [0.717, 1.165) is 16.9 Å². The van der Waals surface area contributed by atoms with Gasteiger partial charge in [-0.15, -0.1) is 11.3 Å². The molecule has 0 aliphatic carbocycles. The second kappa shape index (κ2) is 4.62. The number of benzene rings is 1. The molecule has 0 atom stereocenters. The van der Waals surface area contributed by atoms with Crippen LogP contribution in [0.15, 0.2) is 24.4 Å². The number of hydrogen-bond donors (Lipinski definition) is 1. The van der Waals surface area contributed by atoms with Crippen LogP contribution in [0.1, 0.15) is 16.8 Å². The minimum absolute atomic E-state index is 0.306. The molecule has 0 aliphatic rings. The van der Waals surface area contributed by atoms with Crippen LogP contribution in [0.4, 0.5) is 10.3 Å². The molecule has 19 heavy (non-hydrogen) atoms. The van der Waals surface area contributed by atoms with Crippen LogP contribution in [0.5, 0.6) is 0 Å². The van der Waals surface area contributed by atoms with Crippen molar-refractivity contribution in [2.75, 3.05) is 5.73 Å². The summed E-state index contributed by atoms with van der Waals surface area (Å²) in [4.78, 5) is 9.78. The lowest BCUT2D eigenvalue weighted by Gasteiger charge is -2.03. The van der Waals surface area contributed by atoms with E-state index in [-0.39, 0.29) is 5.82 Å². The molecule has 98 valence electrons. The monoisotopic (exact) mass is 276 g/mol. The van der Waals surface area contributed by atoms with Crippen molar-refractivity contribution in [2.24, 2.45) is 0 Å². The van der Waals surface area contributed by atoms with Gasteiger partial charge in [-0.3, -0.25) is 0 Å². The van der Waals surface area contributed by atoms with E-state index in [1.165, 1.54) is 17.0 Å². The number of halogens is 1. The van der Waals surface area contributed by atoms with Gasteiger partial charge in [-0.1, -0.05) is 6.92 Å². The van der Waals surface area contributed by atoms with E-state index in [1.807, 2.05) is 10.8 Å². The molecule has 0 fully saturated rings. The summed E-state index contributed by atoms with van der Waals surface area (Å²) in [7, 11) is 0. The molecule has 0 spiro atoms. The molecular weight excluding hydrogens is 263 g/mol. The second-order valence-corrected chi connectivity index (χ2v) is 5.46. The lowest BCUT2D eigenvalue weighted by Crippen LogP contribution is -2.04. The minimum atomic E-state index is -0.306. The zero-order valence-electron chi connectivity index (χ0n) is 10.4. The molecule has 0 saturated carbocycles. The maximum atomic E-state index is 13.2. The first-order valence-corrected chi connectivity index (χ1v) is 6.84. The Kier molecular flexibility index (Phi) is 2.94. The first-order valence-electron chi connectivity index (χ1n) is 6.02. The number of nitrogens with two attached hydrogens (primary N) is 1. The van der Waals surface area contributed by atoms with E-state index in [2.05, 4.69) is 16.9 Å². The zero-order valence-corrected chi connectivity index (χ0v) is 11.2. The molecule has 0 aliphatic heterocycles. The van der Waals surface area contributed by atoms with Crippen LogP contribution in [-0.4, -0.2) is 14.5 Å². The predicted molar refractivity (Wildman–Crippen MR) is 74.7 cm³/mol. The molecule has 4 nitrogen and oxygen atoms in total. The highest BCUT2D eigenvalue weighted by Gasteiger charge is 2.11. The van der Waals surface area contributed by atoms with Crippen molar-refractivity contribution in [1.82, 2.24) is 14.5 Å². The minimum Gasteiger partial charge on any atom is -0.369 e. The summed E-state index contributed by atoms with van der Waals surface area (Å²) >= 11 is 1.66. The molecule has 3 rings (SSSR count). The fourth-order valence-electron chi connectivity index (χ4n) is 2.01. The molecule has 0 unspecified atom stereocenters. The van der Waals surface area contributed by atoms with Gasteiger partial charge >= 0.3 is 0 Å². The van der Waals surface area contributed by atoms with Gasteiger partial charge in [-0.05, 0) is 18.6 Å². The van der Waals surface area contributed by atoms with E-state index < -0.39 is 0 Å². The highest BCUT2D eigenvalue weighted by Crippen LogP contribution is 2.22. The zero-order chi connectivity index (χ0) is 13.4. The van der Waals surface area contributed by atoms with Crippen LogP contribution in [-0.2, 0) is 13.0 Å². The van der Waals surface area contributed by atoms with E-state index in [4.69, 9.17) is 5.73 Å². The Morgan fingerprint density at radius 3 is 3.00 bits per heavy atom. The van der Waals surface area contributed by atoms with Crippen LogP contribution in [0, 0.1) is 5.82 Å². The molecule has 0 radical (unpaired) electrons. The number of hydrogen-bond acceptors (Lipinski definition) is 4. The van der Waals surface area contributed by atoms with Gasteiger partial charge in [0.2, 0.25) is 5.95 Å². The van der Waals surface area contributed by atoms with E-state index in [1.54, 1.807) is 17.4 Å². The Labute approximate surface area is 113 Å². The lowest BCUT2D eigenvalue weighted by atomic mass is 10.3. The smallest absolute Gasteiger partial charge is 0.201 e. The van der Waals surface area contributed by atoms with Crippen LogP contribution in [0.25, 0.3) is 11.0 Å². The van der Waals surface area contributed by atoms with Gasteiger partial charge in [0.25, 0.3) is 0 Å². The first kappa shape index (κ1) is 12.1. The Morgan fingerprint density at radius 1 is 1.42 bits per heavy atom. The quantitative estimate of drug-likeness (QED) is 0.800. The first-order chi connectivity index (χ1) is 9.17. The van der Waals surface area contributed by atoms with Crippen molar-refractivity contribution in [2.45, 2.75) is 19.9 Å². The van der Waals surface area contributed by atoms with Gasteiger partial charge in [0.05, 0.1) is 17.6 Å². The Hall–Kier alpha value is -1.95. The van der Waals surface area contributed by atoms with Gasteiger partial charge in [0, 0.05) is 17.1 Å². The van der Waals surface area contributed by atoms with Crippen molar-refractivity contribution in [3.8, 4) is 0 Å². The third kappa shape index (κ3) is 2.19. The average molecular weight is 276 g/mol. The van der Waals surface area contributed by atoms with E-state index in [0.29, 0.717) is 18.0 Å². The average Bonchev–Trinajstić information content (AvgIpc) is 2.95. The molecule has 0 amide bonds. The van der Waals surface area contributed by atoms with Gasteiger partial charge in [0.1, 0.15) is 10.8 Å². The molecule has 0 saturated heterocycles. The van der Waals surface area contributed by atoms with Crippen molar-refractivity contribution in [3.05, 3.63) is 40.1 Å². The van der Waals surface area contributed by atoms with Crippen molar-refractivity contribution >= 4 is 28.3 Å². The summed E-state index contributed by atoms with van der Waals surface area (Å²) in [6.07, 6.45) is 2.86. The predicted octanol–water partition coefficient (Wildman–Crippen LogP) is 2.82. The number of anilines is 1. The molecule has 2 N–H and O–H groups in total. The largest absolute Gasteiger partial charge is 0.369 e. The van der Waals surface area contributed by atoms with Crippen LogP contribution in [0.2, 0.25) is 0 Å². The summed E-state index contributed by atoms with van der Waals surface area (Å²) < 4.78 is 15.0. The lowest BCUT2D eigenvalue weighted by molar-refractivity contribution is 0.629. The normalized spacial score (nSPS) is 11.3. The highest BCUT2D eigenvalue weighted by atomic mass is 32.1. The number of nitrogen functional groups attached to an aromatic ring is 1. The van der Waals surface area contributed by atoms with Gasteiger partial charge < -0.3 is 10.3 Å². The highest BCUT2D eigenvalue weighted by molar-refractivity contribution is 7.11.